The molecule has 0 bridgehead atoms. The first kappa shape index (κ1) is 17.2. The average Bonchev–Trinajstić information content (AvgIpc) is 2.60. The Hall–Kier alpha value is -2.20. The van der Waals surface area contributed by atoms with Crippen molar-refractivity contribution in [3.8, 4) is 11.5 Å². The van der Waals surface area contributed by atoms with Crippen molar-refractivity contribution in [2.24, 2.45) is 0 Å². The largest absolute Gasteiger partial charge is 0.493 e. The van der Waals surface area contributed by atoms with Gasteiger partial charge in [-0.2, -0.15) is 0 Å². The second-order valence-electron chi connectivity index (χ2n) is 5.39. The van der Waals surface area contributed by atoms with Crippen LogP contribution in [0.15, 0.2) is 48.5 Å². The summed E-state index contributed by atoms with van der Waals surface area (Å²) < 4.78 is 11.2. The molecule has 0 atom stereocenters. The molecule has 0 aromatic heterocycles. The molecule has 0 spiro atoms. The Bertz CT molecular complexity index is 573. The zero-order valence-electron chi connectivity index (χ0n) is 14.0. The lowest BCUT2D eigenvalue weighted by Gasteiger charge is -2.13. The molecule has 0 fully saturated rings. The van der Waals surface area contributed by atoms with E-state index in [1.807, 2.05) is 42.5 Å². The molecular weight excluding hydrogens is 288 g/mol. The molecule has 0 radical (unpaired) electrons. The van der Waals surface area contributed by atoms with Crippen LogP contribution in [-0.4, -0.2) is 13.7 Å². The number of para-hydroxylation sites is 1. The second-order valence-corrected chi connectivity index (χ2v) is 5.39. The first-order valence-electron chi connectivity index (χ1n) is 8.17. The molecule has 4 heteroatoms. The van der Waals surface area contributed by atoms with Gasteiger partial charge in [0.25, 0.3) is 0 Å². The lowest BCUT2D eigenvalue weighted by atomic mass is 10.2. The smallest absolute Gasteiger partial charge is 0.161 e. The van der Waals surface area contributed by atoms with E-state index in [9.17, 15) is 0 Å². The Labute approximate surface area is 138 Å². The van der Waals surface area contributed by atoms with Gasteiger partial charge in [-0.3, -0.25) is 0 Å². The molecule has 4 nitrogen and oxygen atoms in total. The SMILES string of the molecule is CCCCCOc1ccc(CNNc2ccccc2)cc1OC. The number of nitrogens with one attached hydrogen (secondary N) is 2. The summed E-state index contributed by atoms with van der Waals surface area (Å²) in [5, 5.41) is 0. The van der Waals surface area contributed by atoms with Gasteiger partial charge in [-0.1, -0.05) is 44.0 Å². The number of methoxy groups -OCH3 is 1. The van der Waals surface area contributed by atoms with Gasteiger partial charge < -0.3 is 14.9 Å². The fourth-order valence-electron chi connectivity index (χ4n) is 2.25. The molecule has 124 valence electrons. The minimum Gasteiger partial charge on any atom is -0.493 e. The van der Waals surface area contributed by atoms with Crippen molar-refractivity contribution in [2.45, 2.75) is 32.7 Å². The van der Waals surface area contributed by atoms with Crippen molar-refractivity contribution in [1.82, 2.24) is 5.43 Å². The lowest BCUT2D eigenvalue weighted by Crippen LogP contribution is -2.20. The van der Waals surface area contributed by atoms with Crippen molar-refractivity contribution < 1.29 is 9.47 Å². The summed E-state index contributed by atoms with van der Waals surface area (Å²) in [5.41, 5.74) is 8.54. The maximum absolute atomic E-state index is 5.80. The zero-order chi connectivity index (χ0) is 16.3. The number of hydrogen-bond acceptors (Lipinski definition) is 4. The van der Waals surface area contributed by atoms with E-state index in [-0.39, 0.29) is 0 Å². The summed E-state index contributed by atoms with van der Waals surface area (Å²) in [6.45, 7) is 3.62. The highest BCUT2D eigenvalue weighted by Gasteiger charge is 2.05. The van der Waals surface area contributed by atoms with Crippen LogP contribution in [0.2, 0.25) is 0 Å². The van der Waals surface area contributed by atoms with E-state index in [1.54, 1.807) is 7.11 Å². The Morgan fingerprint density at radius 3 is 2.52 bits per heavy atom. The van der Waals surface area contributed by atoms with Crippen LogP contribution in [0.4, 0.5) is 5.69 Å². The number of hydrazine groups is 1. The molecule has 2 aromatic carbocycles. The van der Waals surface area contributed by atoms with Crippen LogP contribution in [0.5, 0.6) is 11.5 Å². The van der Waals surface area contributed by atoms with E-state index >= 15 is 0 Å². The molecule has 2 N–H and O–H groups in total. The zero-order valence-corrected chi connectivity index (χ0v) is 14.0. The van der Waals surface area contributed by atoms with Gasteiger partial charge in [0.05, 0.1) is 13.7 Å². The third-order valence-corrected chi connectivity index (χ3v) is 3.53. The van der Waals surface area contributed by atoms with Gasteiger partial charge in [0, 0.05) is 12.2 Å². The quantitative estimate of drug-likeness (QED) is 0.504. The highest BCUT2D eigenvalue weighted by atomic mass is 16.5. The van der Waals surface area contributed by atoms with Crippen LogP contribution in [-0.2, 0) is 6.54 Å². The number of unbranched alkanes of at least 4 members (excludes halogenated alkanes) is 2. The standard InChI is InChI=1S/C19H26N2O2/c1-3-4-8-13-23-18-12-11-16(14-19(18)22-2)15-20-21-17-9-6-5-7-10-17/h5-7,9-12,14,20-21H,3-4,8,13,15H2,1-2H3. The van der Waals surface area contributed by atoms with Crippen LogP contribution in [0.3, 0.4) is 0 Å². The maximum Gasteiger partial charge on any atom is 0.161 e. The van der Waals surface area contributed by atoms with Crippen LogP contribution >= 0.6 is 0 Å². The van der Waals surface area contributed by atoms with E-state index in [0.717, 1.165) is 35.8 Å². The van der Waals surface area contributed by atoms with Crippen LogP contribution in [0.25, 0.3) is 0 Å². The minimum atomic E-state index is 0.696. The van der Waals surface area contributed by atoms with Gasteiger partial charge in [0.2, 0.25) is 0 Å². The molecule has 23 heavy (non-hydrogen) atoms. The topological polar surface area (TPSA) is 42.5 Å². The Balaban J connectivity index is 1.85. The van der Waals surface area contributed by atoms with Crippen molar-refractivity contribution in [3.05, 3.63) is 54.1 Å². The summed E-state index contributed by atoms with van der Waals surface area (Å²) >= 11 is 0. The van der Waals surface area contributed by atoms with E-state index in [0.29, 0.717) is 6.54 Å². The van der Waals surface area contributed by atoms with Crippen LogP contribution in [0.1, 0.15) is 31.7 Å². The molecule has 2 aromatic rings. The number of benzene rings is 2. The summed E-state index contributed by atoms with van der Waals surface area (Å²) in [7, 11) is 1.67. The Kier molecular flexibility index (Phi) is 7.27. The summed E-state index contributed by atoms with van der Waals surface area (Å²) in [6.07, 6.45) is 3.46. The monoisotopic (exact) mass is 314 g/mol. The predicted molar refractivity (Wildman–Crippen MR) is 94.9 cm³/mol. The third-order valence-electron chi connectivity index (χ3n) is 3.53. The Morgan fingerprint density at radius 1 is 0.957 bits per heavy atom. The van der Waals surface area contributed by atoms with Gasteiger partial charge in [-0.05, 0) is 36.2 Å². The summed E-state index contributed by atoms with van der Waals surface area (Å²) in [6, 6.07) is 16.1. The van der Waals surface area contributed by atoms with E-state index < -0.39 is 0 Å². The van der Waals surface area contributed by atoms with Crippen LogP contribution < -0.4 is 20.3 Å². The average molecular weight is 314 g/mol. The maximum atomic E-state index is 5.80. The minimum absolute atomic E-state index is 0.696. The summed E-state index contributed by atoms with van der Waals surface area (Å²) in [4.78, 5) is 0. The Morgan fingerprint density at radius 2 is 1.78 bits per heavy atom. The second kappa shape index (κ2) is 9.74. The highest BCUT2D eigenvalue weighted by Crippen LogP contribution is 2.28. The molecule has 0 aliphatic rings. The molecule has 0 aliphatic heterocycles. The van der Waals surface area contributed by atoms with Gasteiger partial charge >= 0.3 is 0 Å². The molecule has 0 aliphatic carbocycles. The molecule has 0 unspecified atom stereocenters. The third kappa shape index (κ3) is 5.83. The van der Waals surface area contributed by atoms with Gasteiger partial charge in [-0.15, -0.1) is 0 Å². The van der Waals surface area contributed by atoms with Gasteiger partial charge in [0.15, 0.2) is 11.5 Å². The molecule has 0 saturated heterocycles. The normalized spacial score (nSPS) is 10.3. The molecule has 0 heterocycles. The highest BCUT2D eigenvalue weighted by molar-refractivity contribution is 5.44. The molecular formula is C19H26N2O2. The fraction of sp³-hybridized carbons (Fsp3) is 0.368. The first-order valence-corrected chi connectivity index (χ1v) is 8.17. The predicted octanol–water partition coefficient (Wildman–Crippen LogP) is 4.38. The number of ether oxygens (including phenoxy) is 2. The number of anilines is 1. The molecule has 2 rings (SSSR count). The van der Waals surface area contributed by atoms with Crippen molar-refractivity contribution >= 4 is 5.69 Å². The first-order chi connectivity index (χ1) is 11.3. The van der Waals surface area contributed by atoms with E-state index in [1.165, 1.54) is 12.8 Å². The summed E-state index contributed by atoms with van der Waals surface area (Å²) in [5.74, 6) is 1.59. The van der Waals surface area contributed by atoms with Crippen molar-refractivity contribution in [1.29, 1.82) is 0 Å². The van der Waals surface area contributed by atoms with Crippen LogP contribution in [0, 0.1) is 0 Å². The fourth-order valence-corrected chi connectivity index (χ4v) is 2.25. The number of hydrogen-bond donors (Lipinski definition) is 2. The van der Waals surface area contributed by atoms with Crippen molar-refractivity contribution in [3.63, 3.8) is 0 Å². The van der Waals surface area contributed by atoms with Gasteiger partial charge in [0.1, 0.15) is 0 Å². The molecule has 0 saturated carbocycles. The van der Waals surface area contributed by atoms with Gasteiger partial charge in [-0.25, -0.2) is 5.43 Å². The van der Waals surface area contributed by atoms with E-state index in [2.05, 4.69) is 23.8 Å². The number of rotatable bonds is 10. The molecule has 0 amide bonds. The lowest BCUT2D eigenvalue weighted by molar-refractivity contribution is 0.286. The van der Waals surface area contributed by atoms with Crippen molar-refractivity contribution in [2.75, 3.05) is 19.1 Å². The van der Waals surface area contributed by atoms with E-state index in [4.69, 9.17) is 9.47 Å².